The molecule has 1 fully saturated rings. The second kappa shape index (κ2) is 13.9. The van der Waals surface area contributed by atoms with Gasteiger partial charge in [0.2, 0.25) is 11.8 Å². The molecule has 1 aliphatic rings. The third-order valence-electron chi connectivity index (χ3n) is 7.67. The lowest BCUT2D eigenvalue weighted by Gasteiger charge is -2.34. The number of anilines is 1. The Morgan fingerprint density at radius 3 is 2.29 bits per heavy atom. The Bertz CT molecular complexity index is 1530. The summed E-state index contributed by atoms with van der Waals surface area (Å²) < 4.78 is 29.2. The summed E-state index contributed by atoms with van der Waals surface area (Å²) in [5.74, 6) is -0.777. The van der Waals surface area contributed by atoms with E-state index in [1.54, 1.807) is 42.5 Å². The summed E-state index contributed by atoms with van der Waals surface area (Å²) in [5, 5.41) is 3.92. The quantitative estimate of drug-likeness (QED) is 0.256. The number of benzene rings is 3. The van der Waals surface area contributed by atoms with Crippen molar-refractivity contribution in [1.29, 1.82) is 0 Å². The molecule has 0 spiro atoms. The minimum absolute atomic E-state index is 0.0114. The lowest BCUT2D eigenvalue weighted by atomic mass is 10.1. The van der Waals surface area contributed by atoms with Gasteiger partial charge in [-0.05, 0) is 74.6 Å². The zero-order valence-electron chi connectivity index (χ0n) is 24.1. The zero-order valence-corrected chi connectivity index (χ0v) is 26.5. The number of hydrogen-bond donors (Lipinski definition) is 1. The van der Waals surface area contributed by atoms with Crippen molar-refractivity contribution in [2.45, 2.75) is 76.4 Å². The molecule has 0 radical (unpaired) electrons. The van der Waals surface area contributed by atoms with Crippen LogP contribution in [0, 0.1) is 13.8 Å². The number of sulfonamides is 1. The molecule has 1 N–H and O–H groups in total. The van der Waals surface area contributed by atoms with Crippen molar-refractivity contribution in [1.82, 2.24) is 10.2 Å². The SMILES string of the molecule is CC[C@H](C(=O)NC1CCCC1)N(Cc1ccc(Cl)cc1Cl)C(=O)CN(c1ccc(C)cc1C)S(=O)(=O)c1ccccc1. The smallest absolute Gasteiger partial charge is 0.264 e. The van der Waals surface area contributed by atoms with Crippen LogP contribution in [0.25, 0.3) is 0 Å². The number of nitrogens with one attached hydrogen (secondary N) is 1. The van der Waals surface area contributed by atoms with Gasteiger partial charge in [0.25, 0.3) is 10.0 Å². The molecule has 0 heterocycles. The second-order valence-electron chi connectivity index (χ2n) is 10.8. The van der Waals surface area contributed by atoms with Gasteiger partial charge < -0.3 is 10.2 Å². The van der Waals surface area contributed by atoms with Crippen LogP contribution in [0.4, 0.5) is 5.69 Å². The monoisotopic (exact) mass is 629 g/mol. The van der Waals surface area contributed by atoms with E-state index >= 15 is 0 Å². The second-order valence-corrected chi connectivity index (χ2v) is 13.5. The lowest BCUT2D eigenvalue weighted by Crippen LogP contribution is -2.53. The van der Waals surface area contributed by atoms with Crippen molar-refractivity contribution in [3.8, 4) is 0 Å². The van der Waals surface area contributed by atoms with E-state index in [9.17, 15) is 18.0 Å². The molecule has 42 heavy (non-hydrogen) atoms. The number of hydrogen-bond acceptors (Lipinski definition) is 4. The molecule has 0 aromatic heterocycles. The third kappa shape index (κ3) is 7.46. The van der Waals surface area contributed by atoms with Crippen molar-refractivity contribution >= 4 is 50.7 Å². The topological polar surface area (TPSA) is 86.8 Å². The molecule has 0 saturated heterocycles. The van der Waals surface area contributed by atoms with Crippen LogP contribution in [-0.2, 0) is 26.2 Å². The van der Waals surface area contributed by atoms with Crippen LogP contribution < -0.4 is 9.62 Å². The minimum Gasteiger partial charge on any atom is -0.352 e. The first kappa shape index (κ1) is 31.9. The van der Waals surface area contributed by atoms with Gasteiger partial charge in [0.1, 0.15) is 12.6 Å². The Hall–Kier alpha value is -3.07. The molecule has 1 saturated carbocycles. The van der Waals surface area contributed by atoms with Gasteiger partial charge in [-0.15, -0.1) is 0 Å². The molecule has 3 aromatic carbocycles. The van der Waals surface area contributed by atoms with Crippen molar-refractivity contribution < 1.29 is 18.0 Å². The first-order chi connectivity index (χ1) is 20.0. The van der Waals surface area contributed by atoms with Crippen LogP contribution in [0.1, 0.15) is 55.7 Å². The van der Waals surface area contributed by atoms with Gasteiger partial charge in [-0.1, -0.05) is 84.9 Å². The van der Waals surface area contributed by atoms with Crippen LogP contribution in [-0.4, -0.2) is 43.8 Å². The number of carbonyl (C=O) groups excluding carboxylic acids is 2. The minimum atomic E-state index is -4.13. The molecule has 0 unspecified atom stereocenters. The summed E-state index contributed by atoms with van der Waals surface area (Å²) in [6, 6.07) is 17.6. The highest BCUT2D eigenvalue weighted by Gasteiger charge is 2.35. The maximum atomic E-state index is 14.3. The standard InChI is InChI=1S/C32H37Cl2N3O4S/c1-4-29(32(39)35-26-10-8-9-11-26)36(20-24-15-16-25(33)19-28(24)34)31(38)21-37(30-17-14-22(2)18-23(30)3)42(40,41)27-12-6-5-7-13-27/h5-7,12-19,26,29H,4,8-11,20-21H2,1-3H3,(H,35,39)/t29-/m1/s1. The van der Waals surface area contributed by atoms with Gasteiger partial charge in [0.15, 0.2) is 0 Å². The average Bonchev–Trinajstić information content (AvgIpc) is 3.46. The van der Waals surface area contributed by atoms with Crippen LogP contribution in [0.2, 0.25) is 10.0 Å². The van der Waals surface area contributed by atoms with E-state index in [1.807, 2.05) is 32.9 Å². The predicted molar refractivity (Wildman–Crippen MR) is 168 cm³/mol. The van der Waals surface area contributed by atoms with Crippen LogP contribution in [0.15, 0.2) is 71.6 Å². The Kier molecular flexibility index (Phi) is 10.6. The maximum absolute atomic E-state index is 14.3. The first-order valence-corrected chi connectivity index (χ1v) is 16.4. The van der Waals surface area contributed by atoms with Crippen molar-refractivity contribution in [3.63, 3.8) is 0 Å². The van der Waals surface area contributed by atoms with E-state index < -0.39 is 28.5 Å². The number of rotatable bonds is 11. The molecule has 0 bridgehead atoms. The molecule has 7 nitrogen and oxygen atoms in total. The molecule has 0 aliphatic heterocycles. The highest BCUT2D eigenvalue weighted by Crippen LogP contribution is 2.29. The predicted octanol–water partition coefficient (Wildman–Crippen LogP) is 6.67. The number of aryl methyl sites for hydroxylation is 2. The molecular weight excluding hydrogens is 593 g/mol. The van der Waals surface area contributed by atoms with Crippen LogP contribution in [0.5, 0.6) is 0 Å². The summed E-state index contributed by atoms with van der Waals surface area (Å²) in [5.41, 5.74) is 2.67. The normalized spacial score (nSPS) is 14.4. The Morgan fingerprint density at radius 2 is 1.67 bits per heavy atom. The fourth-order valence-electron chi connectivity index (χ4n) is 5.44. The van der Waals surface area contributed by atoms with E-state index in [-0.39, 0.29) is 23.4 Å². The third-order valence-corrected chi connectivity index (χ3v) is 10.0. The van der Waals surface area contributed by atoms with Gasteiger partial charge in [-0.3, -0.25) is 13.9 Å². The Balaban J connectivity index is 1.75. The molecule has 3 aromatic rings. The van der Waals surface area contributed by atoms with E-state index in [4.69, 9.17) is 23.2 Å². The maximum Gasteiger partial charge on any atom is 0.264 e. The van der Waals surface area contributed by atoms with Gasteiger partial charge in [-0.2, -0.15) is 0 Å². The van der Waals surface area contributed by atoms with Gasteiger partial charge in [-0.25, -0.2) is 8.42 Å². The van der Waals surface area contributed by atoms with Crippen molar-refractivity contribution in [2.75, 3.05) is 10.8 Å². The van der Waals surface area contributed by atoms with Crippen LogP contribution >= 0.6 is 23.2 Å². The van der Waals surface area contributed by atoms with Crippen molar-refractivity contribution in [3.05, 3.63) is 93.5 Å². The van der Waals surface area contributed by atoms with E-state index in [1.165, 1.54) is 17.0 Å². The number of nitrogens with zero attached hydrogens (tertiary/aromatic N) is 2. The summed E-state index contributed by atoms with van der Waals surface area (Å²) in [6.45, 7) is 5.09. The highest BCUT2D eigenvalue weighted by atomic mass is 35.5. The molecule has 1 atom stereocenters. The number of amides is 2. The van der Waals surface area contributed by atoms with Gasteiger partial charge in [0.05, 0.1) is 10.6 Å². The molecule has 2 amide bonds. The fourth-order valence-corrected chi connectivity index (χ4v) is 7.41. The van der Waals surface area contributed by atoms with Gasteiger partial charge in [0, 0.05) is 22.6 Å². The molecule has 10 heteroatoms. The summed E-state index contributed by atoms with van der Waals surface area (Å²) >= 11 is 12.6. The number of carbonyl (C=O) groups is 2. The van der Waals surface area contributed by atoms with E-state index in [0.29, 0.717) is 33.3 Å². The number of halogens is 2. The summed E-state index contributed by atoms with van der Waals surface area (Å²) in [4.78, 5) is 29.4. The fraction of sp³-hybridized carbons (Fsp3) is 0.375. The first-order valence-electron chi connectivity index (χ1n) is 14.2. The Labute approximate surface area is 258 Å². The van der Waals surface area contributed by atoms with E-state index in [2.05, 4.69) is 5.32 Å². The summed E-state index contributed by atoms with van der Waals surface area (Å²) in [6.07, 6.45) is 4.23. The summed E-state index contributed by atoms with van der Waals surface area (Å²) in [7, 11) is -4.13. The highest BCUT2D eigenvalue weighted by molar-refractivity contribution is 7.92. The largest absolute Gasteiger partial charge is 0.352 e. The molecule has 224 valence electrons. The lowest BCUT2D eigenvalue weighted by molar-refractivity contribution is -0.140. The molecular formula is C32H37Cl2N3O4S. The average molecular weight is 631 g/mol. The van der Waals surface area contributed by atoms with Gasteiger partial charge >= 0.3 is 0 Å². The molecule has 1 aliphatic carbocycles. The molecule has 4 rings (SSSR count). The Morgan fingerprint density at radius 1 is 0.976 bits per heavy atom. The van der Waals surface area contributed by atoms with Crippen molar-refractivity contribution in [2.24, 2.45) is 0 Å². The van der Waals surface area contributed by atoms with Crippen LogP contribution in [0.3, 0.4) is 0 Å². The zero-order chi connectivity index (χ0) is 30.4. The van der Waals surface area contributed by atoms with E-state index in [0.717, 1.165) is 35.6 Å².